The summed E-state index contributed by atoms with van der Waals surface area (Å²) < 4.78 is 14.6. The number of rotatable bonds is 9. The van der Waals surface area contributed by atoms with Crippen LogP contribution in [-0.2, 0) is 47.3 Å². The Bertz CT molecular complexity index is 4640. The molecule has 5 aromatic heterocycles. The Hall–Kier alpha value is -7.82. The first-order valence-corrected chi connectivity index (χ1v) is 29.5. The Labute approximate surface area is 470 Å². The molecule has 0 aliphatic heterocycles. The molecule has 0 atom stereocenters. The molecule has 0 spiro atoms. The summed E-state index contributed by atoms with van der Waals surface area (Å²) in [5.74, 6) is -0.531. The summed E-state index contributed by atoms with van der Waals surface area (Å²) in [4.78, 5) is 20.9. The quantitative estimate of drug-likeness (QED) is 0.144. The van der Waals surface area contributed by atoms with Crippen LogP contribution in [0.1, 0.15) is 148 Å². The lowest BCUT2D eigenvalue weighted by atomic mass is 9.65. The summed E-state index contributed by atoms with van der Waals surface area (Å²) in [5.41, 5.74) is 18.2. The molecule has 0 unspecified atom stereocenters. The van der Waals surface area contributed by atoms with Crippen molar-refractivity contribution in [1.29, 1.82) is 0 Å². The third kappa shape index (κ3) is 6.74. The number of carbonyl (C=O) groups excluding carboxylic acids is 1. The first-order chi connectivity index (χ1) is 38.9. The Morgan fingerprint density at radius 2 is 0.963 bits per heavy atom. The summed E-state index contributed by atoms with van der Waals surface area (Å²) in [6.07, 6.45) is 10.6. The largest absolute Gasteiger partial charge is 0.308 e. The van der Waals surface area contributed by atoms with Crippen molar-refractivity contribution in [3.63, 3.8) is 0 Å². The molecule has 5 heterocycles. The van der Waals surface area contributed by atoms with Crippen molar-refractivity contribution < 1.29 is 6.17 Å². The molecular formula is C76H69N3O. The van der Waals surface area contributed by atoms with E-state index in [4.69, 9.17) is 4.98 Å². The van der Waals surface area contributed by atoms with E-state index in [0.717, 1.165) is 90.9 Å². The number of fused-ring (bicyclic) bond motifs is 16. The predicted molar refractivity (Wildman–Crippen MR) is 333 cm³/mol. The van der Waals surface area contributed by atoms with E-state index in [-0.39, 0.29) is 27.1 Å². The molecule has 0 saturated heterocycles. The van der Waals surface area contributed by atoms with E-state index in [0.29, 0.717) is 5.78 Å². The maximum Gasteiger partial charge on any atom is 0.169 e. The lowest BCUT2D eigenvalue weighted by molar-refractivity contribution is 0.0732. The van der Waals surface area contributed by atoms with Gasteiger partial charge in [0, 0.05) is 66.3 Å². The Morgan fingerprint density at radius 1 is 0.525 bits per heavy atom. The van der Waals surface area contributed by atoms with Crippen LogP contribution < -0.4 is 0 Å². The minimum Gasteiger partial charge on any atom is -0.308 e. The van der Waals surface area contributed by atoms with E-state index in [1.807, 2.05) is 13.8 Å². The number of ketones is 1. The molecule has 4 aliphatic carbocycles. The lowest BCUT2D eigenvalue weighted by Gasteiger charge is -2.38. The fraction of sp³-hybridized carbons (Fsp3) is 0.289. The van der Waals surface area contributed by atoms with Crippen LogP contribution in [0.15, 0.2) is 176 Å². The second-order valence-electron chi connectivity index (χ2n) is 27.1. The number of hydrogen-bond acceptors (Lipinski definition) is 2. The van der Waals surface area contributed by atoms with Gasteiger partial charge in [-0.25, -0.2) is 0 Å². The van der Waals surface area contributed by atoms with Crippen molar-refractivity contribution in [2.75, 3.05) is 0 Å². The average Bonchev–Trinajstić information content (AvgIpc) is 2.96. The first kappa shape index (κ1) is 47.0. The Balaban J connectivity index is 1.05. The molecule has 0 N–H and O–H groups in total. The smallest absolute Gasteiger partial charge is 0.169 e. The highest BCUT2D eigenvalue weighted by Gasteiger charge is 2.55. The van der Waals surface area contributed by atoms with Crippen molar-refractivity contribution in [1.82, 2.24) is 13.8 Å². The van der Waals surface area contributed by atoms with Gasteiger partial charge in [0.2, 0.25) is 0 Å². The number of carbonyl (C=O) groups is 1. The van der Waals surface area contributed by atoms with Crippen LogP contribution in [-0.4, -0.2) is 19.6 Å². The van der Waals surface area contributed by atoms with Crippen LogP contribution in [0.2, 0.25) is 0 Å². The van der Waals surface area contributed by atoms with Crippen LogP contribution in [0.25, 0.3) is 76.2 Å². The molecule has 80 heavy (non-hydrogen) atoms. The van der Waals surface area contributed by atoms with E-state index in [9.17, 15) is 6.17 Å². The van der Waals surface area contributed by atoms with Gasteiger partial charge in [0.25, 0.3) is 0 Å². The number of benzene rings is 8. The summed E-state index contributed by atoms with van der Waals surface area (Å²) in [6, 6.07) is 64.3. The second kappa shape index (κ2) is 16.6. The van der Waals surface area contributed by atoms with Gasteiger partial charge in [-0.2, -0.15) is 0 Å². The van der Waals surface area contributed by atoms with Gasteiger partial charge < -0.3 is 8.80 Å². The molecule has 17 rings (SSSR count). The summed E-state index contributed by atoms with van der Waals surface area (Å²) in [6.45, 7) is 15.8. The van der Waals surface area contributed by atoms with E-state index < -0.39 is 5.89 Å². The monoisotopic (exact) mass is 1040 g/mol. The van der Waals surface area contributed by atoms with Gasteiger partial charge in [-0.1, -0.05) is 170 Å². The highest BCUT2D eigenvalue weighted by molar-refractivity contribution is 6.30. The molecule has 394 valence electrons. The maximum atomic E-state index is 14.9. The second-order valence-corrected chi connectivity index (χ2v) is 27.1. The van der Waals surface area contributed by atoms with Crippen molar-refractivity contribution in [2.45, 2.75) is 134 Å². The zero-order chi connectivity index (χ0) is 55.2. The average molecular weight is 1040 g/mol. The Kier molecular flexibility index (Phi) is 9.78. The molecule has 4 heteroatoms. The van der Waals surface area contributed by atoms with Gasteiger partial charge in [0.05, 0.1) is 45.0 Å². The minimum atomic E-state index is -0.837. The summed E-state index contributed by atoms with van der Waals surface area (Å²) in [7, 11) is 0. The fourth-order valence-electron chi connectivity index (χ4n) is 16.6. The van der Waals surface area contributed by atoms with Crippen molar-refractivity contribution in [3.8, 4) is 0 Å². The van der Waals surface area contributed by atoms with Crippen molar-refractivity contribution in [2.24, 2.45) is 5.41 Å². The van der Waals surface area contributed by atoms with E-state index in [1.165, 1.54) is 98.9 Å². The number of nitrogens with zero attached hydrogens (tertiary/aromatic N) is 3. The van der Waals surface area contributed by atoms with Gasteiger partial charge in [-0.3, -0.25) is 9.78 Å². The molecule has 1 saturated carbocycles. The maximum absolute atomic E-state index is 14.9. The lowest BCUT2D eigenvalue weighted by Crippen LogP contribution is -2.36. The van der Waals surface area contributed by atoms with Gasteiger partial charge in [-0.05, 0) is 168 Å². The molecule has 13 aromatic rings. The van der Waals surface area contributed by atoms with Crippen LogP contribution in [0, 0.1) is 5.41 Å². The van der Waals surface area contributed by atoms with Crippen molar-refractivity contribution >= 4 is 82.0 Å². The third-order valence-corrected chi connectivity index (χ3v) is 20.7. The van der Waals surface area contributed by atoms with Crippen LogP contribution in [0.4, 0.5) is 0 Å². The van der Waals surface area contributed by atoms with Gasteiger partial charge in [0.15, 0.2) is 5.78 Å². The Morgan fingerprint density at radius 3 is 1.48 bits per heavy atom. The van der Waals surface area contributed by atoms with E-state index in [1.54, 1.807) is 0 Å². The number of Topliss-reactive ketones (excluding diaryl/α,β-unsaturated/α-hetero) is 1. The predicted octanol–water partition coefficient (Wildman–Crippen LogP) is 18.7. The third-order valence-electron chi connectivity index (χ3n) is 20.7. The molecule has 4 aliphatic rings. The number of aromatic nitrogens is 3. The van der Waals surface area contributed by atoms with Gasteiger partial charge in [-0.15, -0.1) is 0 Å². The SMILES string of the molecule is [2H]C(C)(C)c1cc2c3cc4c(cc3n3c5cc6c7cc(C(C)(C)C)cc8c9c%10c(ncc9n(c6cc5c(c1)c23)c78)C(Cc1ccccc1)(Cc1ccccc1)CC%10(Cc1ccccc1)Cc1ccccc1)C(=O)C1(C)CCC4(C)CC1. The van der Waals surface area contributed by atoms with Gasteiger partial charge in [0.1, 0.15) is 0 Å². The highest BCUT2D eigenvalue weighted by Crippen LogP contribution is 2.60. The molecule has 0 amide bonds. The fourth-order valence-corrected chi connectivity index (χ4v) is 16.6. The molecule has 1 fully saturated rings. The van der Waals surface area contributed by atoms with Gasteiger partial charge >= 0.3 is 0 Å². The zero-order valence-corrected chi connectivity index (χ0v) is 47.4. The topological polar surface area (TPSA) is 38.8 Å². The van der Waals surface area contributed by atoms with E-state index >= 15 is 0 Å². The zero-order valence-electron chi connectivity index (χ0n) is 48.4. The van der Waals surface area contributed by atoms with Crippen LogP contribution in [0.5, 0.6) is 0 Å². The molecule has 8 aromatic carbocycles. The van der Waals surface area contributed by atoms with E-state index in [2.05, 4.69) is 219 Å². The number of hydrogen-bond donors (Lipinski definition) is 0. The summed E-state index contributed by atoms with van der Waals surface area (Å²) >= 11 is 0. The van der Waals surface area contributed by atoms with Crippen LogP contribution in [0.3, 0.4) is 0 Å². The molecule has 2 bridgehead atoms. The minimum absolute atomic E-state index is 0.0513. The van der Waals surface area contributed by atoms with Crippen molar-refractivity contribution in [3.05, 3.63) is 232 Å². The van der Waals surface area contributed by atoms with Crippen LogP contribution >= 0.6 is 0 Å². The molecular weight excluding hydrogens is 971 g/mol. The first-order valence-electron chi connectivity index (χ1n) is 30.0. The number of pyridine rings is 1. The standard InChI is InChI=1S/C76H69N3O/c1-46(2)51-32-56-53-36-61-59(71(80)74(7)30-28-73(61,6)29-31-74)39-64(53)78-62-38-55-58-34-52(72(3,4)5)35-60-66-65(79(69(58)60)63(55)37-54(62)57(33-51)68(56)78)44-77-70-67(66)75(40-47-20-12-8-13-21-47,41-48-22-14-9-15-23-48)45-76(70,42-49-24-16-10-17-25-49)43-50-26-18-11-19-27-50/h8-27,32-39,44,46H,28-31,40-43,45H2,1-7H3/i46D. The molecule has 4 nitrogen and oxygen atoms in total. The highest BCUT2D eigenvalue weighted by atomic mass is 16.1. The normalized spacial score (nSPS) is 20.1. The molecule has 0 radical (unpaired) electrons. The summed E-state index contributed by atoms with van der Waals surface area (Å²) in [5, 5.41) is 9.80.